The van der Waals surface area contributed by atoms with Crippen LogP contribution in [0.15, 0.2) is 33.1 Å². The first kappa shape index (κ1) is 27.8. The summed E-state index contributed by atoms with van der Waals surface area (Å²) < 4.78 is 5.83. The van der Waals surface area contributed by atoms with Crippen molar-refractivity contribution in [2.45, 2.75) is 55.4 Å². The molecule has 2 rings (SSSR count). The SMILES string of the molecule is Cc1cc(C)c(C)c(NCCOCCNc2c(C)c(C)cc(C)c2C)c1C.N=N/N=N/N=O. The third-order valence-corrected chi connectivity index (χ3v) is 5.95. The molecule has 9 heteroatoms. The van der Waals surface area contributed by atoms with Crippen LogP contribution < -0.4 is 10.6 Å². The Bertz CT molecular complexity index is 858. The molecule has 2 aromatic rings. The summed E-state index contributed by atoms with van der Waals surface area (Å²) in [6, 6.07) is 4.52. The van der Waals surface area contributed by atoms with E-state index >= 15 is 0 Å². The van der Waals surface area contributed by atoms with Crippen LogP contribution in [-0.4, -0.2) is 26.3 Å². The lowest BCUT2D eigenvalue weighted by Crippen LogP contribution is -2.16. The molecular weight excluding hydrogens is 418 g/mol. The molecule has 0 spiro atoms. The molecule has 0 atom stereocenters. The van der Waals surface area contributed by atoms with Crippen LogP contribution in [0.25, 0.3) is 0 Å². The van der Waals surface area contributed by atoms with Crippen LogP contribution in [0.2, 0.25) is 0 Å². The van der Waals surface area contributed by atoms with Crippen LogP contribution in [0, 0.1) is 65.8 Å². The van der Waals surface area contributed by atoms with Crippen molar-refractivity contribution < 1.29 is 4.74 Å². The molecule has 0 aliphatic heterocycles. The highest BCUT2D eigenvalue weighted by Crippen LogP contribution is 2.27. The standard InChI is InChI=1S/C24H36N2O.HN5O/c1-15-13-16(2)20(6)23(19(15)5)25-9-11-27-12-10-26-24-21(7)17(3)14-18(4)22(24)8;1-2-3-4-5-6/h13-14,25-26H,9-12H2,1-8H3;1H/b;2-1?,4-3+. The summed E-state index contributed by atoms with van der Waals surface area (Å²) in [5.74, 6) is 0. The maximum Gasteiger partial charge on any atom is 0.102 e. The normalized spacial score (nSPS) is 10.5. The van der Waals surface area contributed by atoms with Crippen molar-refractivity contribution in [3.05, 3.63) is 61.5 Å². The highest BCUT2D eigenvalue weighted by atomic mass is 16.5. The van der Waals surface area contributed by atoms with Gasteiger partial charge in [0, 0.05) is 29.7 Å². The Morgan fingerprint density at radius 2 is 1.06 bits per heavy atom. The number of nitrogens with one attached hydrogen (secondary N) is 3. The number of benzene rings is 2. The highest BCUT2D eigenvalue weighted by Gasteiger charge is 2.09. The number of hydrogen-bond acceptors (Lipinski definition) is 5. The lowest BCUT2D eigenvalue weighted by Gasteiger charge is -2.18. The van der Waals surface area contributed by atoms with Gasteiger partial charge >= 0.3 is 0 Å². The molecule has 0 heterocycles. The van der Waals surface area contributed by atoms with E-state index in [4.69, 9.17) is 15.2 Å². The molecular formula is C24H37N7O2. The maximum atomic E-state index is 8.91. The van der Waals surface area contributed by atoms with Gasteiger partial charge in [-0.3, -0.25) is 0 Å². The first-order chi connectivity index (χ1) is 15.6. The fourth-order valence-electron chi connectivity index (χ4n) is 3.60. The monoisotopic (exact) mass is 455 g/mol. The second-order valence-electron chi connectivity index (χ2n) is 8.10. The molecule has 0 unspecified atom stereocenters. The fraction of sp³-hybridized carbons (Fsp3) is 0.500. The third-order valence-electron chi connectivity index (χ3n) is 5.95. The van der Waals surface area contributed by atoms with Gasteiger partial charge in [-0.05, 0) is 110 Å². The molecule has 33 heavy (non-hydrogen) atoms. The van der Waals surface area contributed by atoms with Crippen LogP contribution in [0.4, 0.5) is 11.4 Å². The molecule has 0 radical (unpaired) electrons. The van der Waals surface area contributed by atoms with Gasteiger partial charge in [0.25, 0.3) is 0 Å². The van der Waals surface area contributed by atoms with Crippen LogP contribution in [0.1, 0.15) is 44.5 Å². The first-order valence-electron chi connectivity index (χ1n) is 10.9. The Labute approximate surface area is 196 Å². The predicted molar refractivity (Wildman–Crippen MR) is 134 cm³/mol. The van der Waals surface area contributed by atoms with E-state index in [0.717, 1.165) is 13.1 Å². The molecule has 0 saturated heterocycles. The van der Waals surface area contributed by atoms with Crippen LogP contribution >= 0.6 is 0 Å². The molecule has 9 nitrogen and oxygen atoms in total. The summed E-state index contributed by atoms with van der Waals surface area (Å²) in [6.07, 6.45) is 0. The quantitative estimate of drug-likeness (QED) is 0.158. The molecule has 3 N–H and O–H groups in total. The molecule has 0 aromatic heterocycles. The van der Waals surface area contributed by atoms with Crippen molar-refractivity contribution in [1.82, 2.24) is 0 Å². The third kappa shape index (κ3) is 8.34. The lowest BCUT2D eigenvalue weighted by atomic mass is 9.99. The molecule has 0 aliphatic carbocycles. The zero-order valence-corrected chi connectivity index (χ0v) is 21.1. The van der Waals surface area contributed by atoms with Crippen molar-refractivity contribution >= 4 is 11.4 Å². The van der Waals surface area contributed by atoms with E-state index < -0.39 is 0 Å². The van der Waals surface area contributed by atoms with Crippen molar-refractivity contribution in [3.63, 3.8) is 0 Å². The maximum absolute atomic E-state index is 8.91. The van der Waals surface area contributed by atoms with E-state index in [-0.39, 0.29) is 0 Å². The Balaban J connectivity index is 0.000000801. The van der Waals surface area contributed by atoms with E-state index in [2.05, 4.69) is 93.8 Å². The lowest BCUT2D eigenvalue weighted by molar-refractivity contribution is 0.154. The Morgan fingerprint density at radius 3 is 1.33 bits per heavy atom. The van der Waals surface area contributed by atoms with Crippen LogP contribution in [-0.2, 0) is 4.74 Å². The second kappa shape index (κ2) is 14.1. The molecule has 0 fully saturated rings. The summed E-state index contributed by atoms with van der Waals surface area (Å²) in [6.45, 7) is 20.5. The van der Waals surface area contributed by atoms with Gasteiger partial charge in [-0.25, -0.2) is 0 Å². The first-order valence-corrected chi connectivity index (χ1v) is 10.9. The Hall–Kier alpha value is -3.20. The zero-order chi connectivity index (χ0) is 25.0. The van der Waals surface area contributed by atoms with E-state index in [1.165, 1.54) is 55.9 Å². The average molecular weight is 456 g/mol. The van der Waals surface area contributed by atoms with Crippen molar-refractivity contribution in [1.29, 1.82) is 5.53 Å². The predicted octanol–water partition coefficient (Wildman–Crippen LogP) is 6.76. The summed E-state index contributed by atoms with van der Waals surface area (Å²) in [4.78, 5) is 8.91. The summed E-state index contributed by atoms with van der Waals surface area (Å²) >= 11 is 0. The number of hydrogen-bond donors (Lipinski definition) is 3. The number of anilines is 2. The van der Waals surface area contributed by atoms with Crippen molar-refractivity contribution in [2.24, 2.45) is 21.0 Å². The Kier molecular flexibility index (Phi) is 11.9. The minimum Gasteiger partial charge on any atom is -0.382 e. The summed E-state index contributed by atoms with van der Waals surface area (Å²) in [5.41, 5.74) is 19.1. The summed E-state index contributed by atoms with van der Waals surface area (Å²) in [5, 5.41) is 16.3. The zero-order valence-electron chi connectivity index (χ0n) is 21.1. The number of ether oxygens (including phenoxy) is 1. The fourth-order valence-corrected chi connectivity index (χ4v) is 3.60. The van der Waals surface area contributed by atoms with Crippen LogP contribution in [0.3, 0.4) is 0 Å². The van der Waals surface area contributed by atoms with Gasteiger partial charge in [0.2, 0.25) is 0 Å². The largest absolute Gasteiger partial charge is 0.382 e. The average Bonchev–Trinajstić information content (AvgIpc) is 2.78. The number of aryl methyl sites for hydroxylation is 4. The number of nitroso groups, excluding NO2 is 1. The topological polar surface area (TPSA) is 124 Å². The smallest absolute Gasteiger partial charge is 0.102 e. The van der Waals surface area contributed by atoms with E-state index in [9.17, 15) is 0 Å². The minimum atomic E-state index is 0.707. The van der Waals surface area contributed by atoms with Gasteiger partial charge in [0.15, 0.2) is 0 Å². The van der Waals surface area contributed by atoms with Gasteiger partial charge in [0.05, 0.1) is 13.2 Å². The van der Waals surface area contributed by atoms with E-state index in [0.29, 0.717) is 13.2 Å². The van der Waals surface area contributed by atoms with Gasteiger partial charge in [-0.2, -0.15) is 5.53 Å². The highest BCUT2D eigenvalue weighted by molar-refractivity contribution is 5.63. The molecule has 0 aliphatic rings. The van der Waals surface area contributed by atoms with Gasteiger partial charge in [0.1, 0.15) is 5.29 Å². The van der Waals surface area contributed by atoms with E-state index in [1.807, 2.05) is 5.29 Å². The Morgan fingerprint density at radius 1 is 0.697 bits per heavy atom. The molecule has 0 bridgehead atoms. The van der Waals surface area contributed by atoms with Gasteiger partial charge < -0.3 is 15.4 Å². The molecule has 180 valence electrons. The molecule has 0 amide bonds. The molecule has 2 aromatic carbocycles. The van der Waals surface area contributed by atoms with Gasteiger partial charge in [-0.1, -0.05) is 12.1 Å². The van der Waals surface area contributed by atoms with Crippen molar-refractivity contribution in [2.75, 3.05) is 36.9 Å². The van der Waals surface area contributed by atoms with E-state index in [1.54, 1.807) is 0 Å². The van der Waals surface area contributed by atoms with Gasteiger partial charge in [-0.15, -0.1) is 4.91 Å². The molecule has 0 saturated carbocycles. The number of nitrogens with zero attached hydrogens (tertiary/aromatic N) is 4. The number of rotatable bonds is 10. The van der Waals surface area contributed by atoms with Crippen molar-refractivity contribution in [3.8, 4) is 0 Å². The summed E-state index contributed by atoms with van der Waals surface area (Å²) in [7, 11) is 0. The second-order valence-corrected chi connectivity index (χ2v) is 8.10. The minimum absolute atomic E-state index is 0.707. The van der Waals surface area contributed by atoms with Crippen LogP contribution in [0.5, 0.6) is 0 Å².